The predicted molar refractivity (Wildman–Crippen MR) is 103 cm³/mol. The van der Waals surface area contributed by atoms with Gasteiger partial charge in [0.05, 0.1) is 17.7 Å². The zero-order valence-electron chi connectivity index (χ0n) is 15.4. The highest BCUT2D eigenvalue weighted by atomic mass is 19.1. The summed E-state index contributed by atoms with van der Waals surface area (Å²) in [6, 6.07) is 14.1. The van der Waals surface area contributed by atoms with Gasteiger partial charge in [-0.1, -0.05) is 6.92 Å². The lowest BCUT2D eigenvalue weighted by molar-refractivity contribution is -0.117. The van der Waals surface area contributed by atoms with Crippen LogP contribution < -0.4 is 10.2 Å². The number of anilines is 2. The van der Waals surface area contributed by atoms with Crippen molar-refractivity contribution >= 4 is 17.3 Å². The Morgan fingerprint density at radius 2 is 1.93 bits per heavy atom. The summed E-state index contributed by atoms with van der Waals surface area (Å²) in [5, 5.41) is 12.5. The zero-order valence-corrected chi connectivity index (χ0v) is 15.4. The molecule has 138 valence electrons. The van der Waals surface area contributed by atoms with Crippen molar-refractivity contribution in [3.8, 4) is 6.07 Å². The van der Waals surface area contributed by atoms with E-state index in [9.17, 15) is 9.18 Å². The average molecular weight is 363 g/mol. The molecule has 2 aromatic rings. The van der Waals surface area contributed by atoms with E-state index in [0.717, 1.165) is 29.8 Å². The number of rotatable bonds is 3. The Kier molecular flexibility index (Phi) is 4.35. The second-order valence-electron chi connectivity index (χ2n) is 7.59. The van der Waals surface area contributed by atoms with E-state index in [2.05, 4.69) is 18.3 Å². The first kappa shape index (κ1) is 17.5. The number of carbonyl (C=O) groups excluding carboxylic acids is 1. The molecule has 0 spiro atoms. The van der Waals surface area contributed by atoms with Gasteiger partial charge in [0.1, 0.15) is 5.82 Å². The van der Waals surface area contributed by atoms with Crippen molar-refractivity contribution in [3.05, 3.63) is 59.4 Å². The molecule has 2 unspecified atom stereocenters. The van der Waals surface area contributed by atoms with Gasteiger partial charge < -0.3 is 10.2 Å². The number of halogens is 1. The van der Waals surface area contributed by atoms with Crippen LogP contribution in [0.3, 0.4) is 0 Å². The molecule has 4 rings (SSSR count). The van der Waals surface area contributed by atoms with Gasteiger partial charge in [-0.15, -0.1) is 0 Å². The van der Waals surface area contributed by atoms with Gasteiger partial charge in [-0.3, -0.25) is 4.79 Å². The molecule has 0 saturated heterocycles. The molecular formula is C22H22FN3O. The molecule has 2 aliphatic rings. The van der Waals surface area contributed by atoms with Crippen molar-refractivity contribution < 1.29 is 9.18 Å². The molecule has 1 saturated carbocycles. The Balaban J connectivity index is 1.77. The minimum absolute atomic E-state index is 0.00318. The number of nitrogens with zero attached hydrogens (tertiary/aromatic N) is 2. The maximum Gasteiger partial charge on any atom is 0.224 e. The summed E-state index contributed by atoms with van der Waals surface area (Å²) in [6.45, 7) is 3.72. The number of hydrogen-bond donors (Lipinski definition) is 1. The Labute approximate surface area is 158 Å². The minimum Gasteiger partial charge on any atom is -0.378 e. The molecular weight excluding hydrogens is 341 g/mol. The van der Waals surface area contributed by atoms with E-state index in [1.165, 1.54) is 12.1 Å². The Morgan fingerprint density at radius 1 is 1.22 bits per heavy atom. The Hall–Kier alpha value is -2.87. The second-order valence-corrected chi connectivity index (χ2v) is 7.59. The first-order chi connectivity index (χ1) is 13.0. The second kappa shape index (κ2) is 6.70. The third-order valence-electron chi connectivity index (χ3n) is 5.73. The number of fused-ring (bicyclic) bond motifs is 1. The van der Waals surface area contributed by atoms with Crippen molar-refractivity contribution in [2.45, 2.75) is 38.8 Å². The molecule has 5 heteroatoms. The van der Waals surface area contributed by atoms with Crippen molar-refractivity contribution in [2.24, 2.45) is 11.8 Å². The highest BCUT2D eigenvalue weighted by Gasteiger charge is 2.47. The van der Waals surface area contributed by atoms with Crippen molar-refractivity contribution in [2.75, 3.05) is 10.2 Å². The largest absolute Gasteiger partial charge is 0.378 e. The minimum atomic E-state index is -0.305. The van der Waals surface area contributed by atoms with Crippen LogP contribution in [0.1, 0.15) is 43.9 Å². The summed E-state index contributed by atoms with van der Waals surface area (Å²) < 4.78 is 14.1. The van der Waals surface area contributed by atoms with E-state index < -0.39 is 0 Å². The van der Waals surface area contributed by atoms with Crippen LogP contribution >= 0.6 is 0 Å². The van der Waals surface area contributed by atoms with E-state index in [4.69, 9.17) is 5.26 Å². The fourth-order valence-corrected chi connectivity index (χ4v) is 4.36. The molecule has 4 nitrogen and oxygen atoms in total. The van der Waals surface area contributed by atoms with Crippen LogP contribution in [0, 0.1) is 29.0 Å². The smallest absolute Gasteiger partial charge is 0.224 e. The lowest BCUT2D eigenvalue weighted by atomic mass is 9.79. The van der Waals surface area contributed by atoms with Gasteiger partial charge in [-0.2, -0.15) is 5.26 Å². The molecule has 1 aliphatic carbocycles. The maximum absolute atomic E-state index is 14.1. The average Bonchev–Trinajstić information content (AvgIpc) is 3.48. The van der Waals surface area contributed by atoms with E-state index in [1.54, 1.807) is 25.1 Å². The molecule has 1 fully saturated rings. The zero-order chi connectivity index (χ0) is 19.1. The topological polar surface area (TPSA) is 56.1 Å². The molecule has 1 amide bonds. The number of nitriles is 1. The predicted octanol–water partition coefficient (Wildman–Crippen LogP) is 4.63. The number of carbonyl (C=O) groups is 1. The van der Waals surface area contributed by atoms with Crippen LogP contribution in [-0.4, -0.2) is 11.9 Å². The molecule has 1 heterocycles. The SMILES string of the molecule is CC(=O)N1c2ccc(F)cc2C(Nc2ccc(C#N)cc2)[C@@H](C)C1C1CC1. The van der Waals surface area contributed by atoms with Gasteiger partial charge in [0.15, 0.2) is 0 Å². The molecule has 0 radical (unpaired) electrons. The molecule has 3 atom stereocenters. The Bertz CT molecular complexity index is 914. The lowest BCUT2D eigenvalue weighted by Gasteiger charge is -2.46. The number of amides is 1. The van der Waals surface area contributed by atoms with Gasteiger partial charge in [0.2, 0.25) is 5.91 Å². The summed E-state index contributed by atoms with van der Waals surface area (Å²) in [6.07, 6.45) is 2.25. The molecule has 0 bridgehead atoms. The summed E-state index contributed by atoms with van der Waals surface area (Å²) in [5.74, 6) is 0.322. The first-order valence-electron chi connectivity index (χ1n) is 9.35. The lowest BCUT2D eigenvalue weighted by Crippen LogP contribution is -2.51. The molecule has 1 N–H and O–H groups in total. The summed E-state index contributed by atoms with van der Waals surface area (Å²) in [7, 11) is 0. The van der Waals surface area contributed by atoms with Gasteiger partial charge >= 0.3 is 0 Å². The summed E-state index contributed by atoms with van der Waals surface area (Å²) in [4.78, 5) is 14.3. The summed E-state index contributed by atoms with van der Waals surface area (Å²) in [5.41, 5.74) is 3.08. The van der Waals surface area contributed by atoms with Crippen LogP contribution in [0.4, 0.5) is 15.8 Å². The normalized spacial score (nSPS) is 24.1. The number of nitrogens with one attached hydrogen (secondary N) is 1. The van der Waals surface area contributed by atoms with Crippen LogP contribution in [0.15, 0.2) is 42.5 Å². The van der Waals surface area contributed by atoms with Crippen LogP contribution in [0.2, 0.25) is 0 Å². The highest BCUT2D eigenvalue weighted by molar-refractivity contribution is 5.94. The van der Waals surface area contributed by atoms with Crippen molar-refractivity contribution in [3.63, 3.8) is 0 Å². The van der Waals surface area contributed by atoms with Gasteiger partial charge in [0.25, 0.3) is 0 Å². The van der Waals surface area contributed by atoms with Crippen molar-refractivity contribution in [1.82, 2.24) is 0 Å². The van der Waals surface area contributed by atoms with Crippen LogP contribution in [0.25, 0.3) is 0 Å². The third kappa shape index (κ3) is 3.16. The van der Waals surface area contributed by atoms with Gasteiger partial charge in [-0.25, -0.2) is 4.39 Å². The first-order valence-corrected chi connectivity index (χ1v) is 9.35. The van der Waals surface area contributed by atoms with E-state index in [-0.39, 0.29) is 29.7 Å². The molecule has 2 aromatic carbocycles. The quantitative estimate of drug-likeness (QED) is 0.865. The van der Waals surface area contributed by atoms with Gasteiger partial charge in [-0.05, 0) is 61.2 Å². The maximum atomic E-state index is 14.1. The van der Waals surface area contributed by atoms with E-state index in [0.29, 0.717) is 11.5 Å². The van der Waals surface area contributed by atoms with Crippen LogP contribution in [-0.2, 0) is 4.79 Å². The van der Waals surface area contributed by atoms with Crippen molar-refractivity contribution in [1.29, 1.82) is 5.26 Å². The monoisotopic (exact) mass is 363 g/mol. The van der Waals surface area contributed by atoms with E-state index in [1.807, 2.05) is 17.0 Å². The van der Waals surface area contributed by atoms with E-state index >= 15 is 0 Å². The molecule has 1 aliphatic heterocycles. The standard InChI is InChI=1S/C22H22FN3O/c1-13-21(25-18-8-3-15(12-24)4-9-18)19-11-17(23)7-10-20(19)26(14(2)27)22(13)16-5-6-16/h3-4,7-11,13,16,21-22,25H,5-6H2,1-2H3/t13-,21?,22?/m1/s1. The van der Waals surface area contributed by atoms with Gasteiger partial charge in [0, 0.05) is 35.8 Å². The highest BCUT2D eigenvalue weighted by Crippen LogP contribution is 2.50. The third-order valence-corrected chi connectivity index (χ3v) is 5.73. The molecule has 27 heavy (non-hydrogen) atoms. The Morgan fingerprint density at radius 3 is 2.52 bits per heavy atom. The molecule has 0 aromatic heterocycles. The number of benzene rings is 2. The van der Waals surface area contributed by atoms with Crippen LogP contribution in [0.5, 0.6) is 0 Å². The number of hydrogen-bond acceptors (Lipinski definition) is 3. The summed E-state index contributed by atoms with van der Waals surface area (Å²) >= 11 is 0. The fourth-order valence-electron chi connectivity index (χ4n) is 4.36. The fraction of sp³-hybridized carbons (Fsp3) is 0.364.